The molecule has 0 amide bonds. The highest BCUT2D eigenvalue weighted by atomic mass is 32.2. The molecule has 1 aromatic rings. The van der Waals surface area contributed by atoms with Crippen LogP contribution >= 0.6 is 11.3 Å². The topological polar surface area (TPSA) is 89.7 Å². The molecule has 1 unspecified atom stereocenters. The van der Waals surface area contributed by atoms with Crippen LogP contribution in [0.4, 0.5) is 0 Å². The molecule has 112 valence electrons. The van der Waals surface area contributed by atoms with Gasteiger partial charge in [0.05, 0.1) is 7.11 Å². The lowest BCUT2D eigenvalue weighted by molar-refractivity contribution is 0.0606. The van der Waals surface area contributed by atoms with Gasteiger partial charge in [-0.15, -0.1) is 11.3 Å². The number of hydrogen-bond acceptors (Lipinski definition) is 6. The highest BCUT2D eigenvalue weighted by Gasteiger charge is 2.39. The van der Waals surface area contributed by atoms with Crippen LogP contribution in [-0.4, -0.2) is 45.4 Å². The number of ether oxygens (including phenoxy) is 1. The first-order valence-corrected chi connectivity index (χ1v) is 8.46. The molecule has 0 spiro atoms. The van der Waals surface area contributed by atoms with Crippen LogP contribution in [-0.2, 0) is 14.8 Å². The zero-order valence-corrected chi connectivity index (χ0v) is 13.1. The van der Waals surface area contributed by atoms with Crippen LogP contribution < -0.4 is 5.73 Å². The number of methoxy groups -OCH3 is 1. The van der Waals surface area contributed by atoms with Gasteiger partial charge < -0.3 is 10.5 Å². The largest absolute Gasteiger partial charge is 0.465 e. The number of hydrogen-bond donors (Lipinski definition) is 1. The summed E-state index contributed by atoms with van der Waals surface area (Å²) < 4.78 is 31.2. The number of rotatable bonds is 4. The van der Waals surface area contributed by atoms with E-state index in [9.17, 15) is 13.2 Å². The smallest absolute Gasteiger partial charge is 0.348 e. The van der Waals surface area contributed by atoms with E-state index in [1.54, 1.807) is 0 Å². The average Bonchev–Trinajstić information content (AvgIpc) is 3.05. The van der Waals surface area contributed by atoms with Gasteiger partial charge in [0.25, 0.3) is 10.0 Å². The van der Waals surface area contributed by atoms with Crippen molar-refractivity contribution in [2.45, 2.75) is 17.6 Å². The van der Waals surface area contributed by atoms with Crippen molar-refractivity contribution in [3.8, 4) is 0 Å². The third-order valence-electron chi connectivity index (χ3n) is 3.58. The zero-order chi connectivity index (χ0) is 15.0. The second kappa shape index (κ2) is 5.44. The van der Waals surface area contributed by atoms with Gasteiger partial charge in [-0.25, -0.2) is 13.2 Å². The minimum Gasteiger partial charge on any atom is -0.465 e. The van der Waals surface area contributed by atoms with Gasteiger partial charge in [-0.3, -0.25) is 0 Å². The Labute approximate surface area is 122 Å². The highest BCUT2D eigenvalue weighted by Crippen LogP contribution is 2.34. The van der Waals surface area contributed by atoms with E-state index in [0.29, 0.717) is 19.6 Å². The molecule has 0 radical (unpaired) electrons. The minimum absolute atomic E-state index is 0.166. The number of thiophene rings is 1. The molecule has 1 atom stereocenters. The fourth-order valence-corrected chi connectivity index (χ4v) is 5.12. The van der Waals surface area contributed by atoms with Crippen LogP contribution in [0.5, 0.6) is 0 Å². The molecule has 1 aromatic heterocycles. The predicted molar refractivity (Wildman–Crippen MR) is 76.2 cm³/mol. The Balaban J connectivity index is 2.23. The summed E-state index contributed by atoms with van der Waals surface area (Å²) in [5.74, 6) is -0.523. The van der Waals surface area contributed by atoms with Gasteiger partial charge in [0.15, 0.2) is 0 Å². The molecule has 1 fully saturated rings. The monoisotopic (exact) mass is 318 g/mol. The molecule has 0 saturated carbocycles. The van der Waals surface area contributed by atoms with E-state index in [1.165, 1.54) is 23.5 Å². The van der Waals surface area contributed by atoms with Crippen molar-refractivity contribution in [2.75, 3.05) is 26.7 Å². The van der Waals surface area contributed by atoms with Crippen molar-refractivity contribution >= 4 is 27.3 Å². The van der Waals surface area contributed by atoms with Crippen LogP contribution in [0.25, 0.3) is 0 Å². The van der Waals surface area contributed by atoms with Gasteiger partial charge in [-0.1, -0.05) is 6.92 Å². The molecule has 2 rings (SSSR count). The number of carbonyl (C=O) groups is 1. The number of carbonyl (C=O) groups excluding carboxylic acids is 1. The summed E-state index contributed by atoms with van der Waals surface area (Å²) in [6.45, 7) is 3.31. The molecule has 1 aliphatic rings. The van der Waals surface area contributed by atoms with Gasteiger partial charge >= 0.3 is 5.97 Å². The first-order chi connectivity index (χ1) is 9.32. The molecule has 0 aliphatic carbocycles. The lowest BCUT2D eigenvalue weighted by atomic mass is 9.90. The predicted octanol–water partition coefficient (Wildman–Crippen LogP) is 0.894. The van der Waals surface area contributed by atoms with E-state index in [0.717, 1.165) is 17.8 Å². The Morgan fingerprint density at radius 1 is 1.55 bits per heavy atom. The minimum atomic E-state index is -3.55. The third-order valence-corrected chi connectivity index (χ3v) is 6.96. The fraction of sp³-hybridized carbons (Fsp3) is 0.583. The lowest BCUT2D eigenvalue weighted by Crippen LogP contribution is -2.34. The molecule has 2 N–H and O–H groups in total. The summed E-state index contributed by atoms with van der Waals surface area (Å²) in [6, 6.07) is 2.92. The van der Waals surface area contributed by atoms with E-state index >= 15 is 0 Å². The molecule has 6 nitrogen and oxygen atoms in total. The summed E-state index contributed by atoms with van der Waals surface area (Å²) in [6.07, 6.45) is 0.748. The summed E-state index contributed by atoms with van der Waals surface area (Å²) in [5, 5.41) is 0. The molecular weight excluding hydrogens is 300 g/mol. The van der Waals surface area contributed by atoms with Gasteiger partial charge in [-0.2, -0.15) is 4.31 Å². The van der Waals surface area contributed by atoms with Gasteiger partial charge in [-0.05, 0) is 30.5 Å². The number of nitrogens with two attached hydrogens (primary N) is 1. The number of nitrogens with zero attached hydrogens (tertiary/aromatic N) is 1. The molecule has 0 aromatic carbocycles. The first kappa shape index (κ1) is 15.4. The first-order valence-electron chi connectivity index (χ1n) is 6.21. The Morgan fingerprint density at radius 3 is 2.80 bits per heavy atom. The zero-order valence-electron chi connectivity index (χ0n) is 11.5. The van der Waals surface area contributed by atoms with Crippen molar-refractivity contribution in [3.05, 3.63) is 17.0 Å². The summed E-state index contributed by atoms with van der Waals surface area (Å²) in [4.78, 5) is 11.7. The molecule has 2 heterocycles. The quantitative estimate of drug-likeness (QED) is 0.833. The molecule has 1 aliphatic heterocycles. The summed E-state index contributed by atoms with van der Waals surface area (Å²) >= 11 is 0.932. The highest BCUT2D eigenvalue weighted by molar-refractivity contribution is 7.91. The van der Waals surface area contributed by atoms with E-state index in [2.05, 4.69) is 4.74 Å². The maximum absolute atomic E-state index is 12.5. The van der Waals surface area contributed by atoms with E-state index in [1.807, 2.05) is 6.92 Å². The average molecular weight is 318 g/mol. The van der Waals surface area contributed by atoms with Crippen LogP contribution in [0.2, 0.25) is 0 Å². The molecule has 8 heteroatoms. The van der Waals surface area contributed by atoms with Gasteiger partial charge in [0.2, 0.25) is 0 Å². The van der Waals surface area contributed by atoms with Crippen LogP contribution in [0.15, 0.2) is 16.3 Å². The van der Waals surface area contributed by atoms with Crippen LogP contribution in [0, 0.1) is 5.41 Å². The van der Waals surface area contributed by atoms with Crippen LogP contribution in [0.3, 0.4) is 0 Å². The van der Waals surface area contributed by atoms with Crippen molar-refractivity contribution in [3.63, 3.8) is 0 Å². The van der Waals surface area contributed by atoms with Gasteiger partial charge in [0, 0.05) is 13.1 Å². The van der Waals surface area contributed by atoms with Crippen molar-refractivity contribution in [1.29, 1.82) is 0 Å². The fourth-order valence-electron chi connectivity index (χ4n) is 2.15. The Kier molecular flexibility index (Phi) is 4.19. The molecule has 1 saturated heterocycles. The van der Waals surface area contributed by atoms with Crippen LogP contribution in [0.1, 0.15) is 23.0 Å². The lowest BCUT2D eigenvalue weighted by Gasteiger charge is -2.21. The molecule has 20 heavy (non-hydrogen) atoms. The summed E-state index contributed by atoms with van der Waals surface area (Å²) in [7, 11) is -2.28. The maximum Gasteiger partial charge on any atom is 0.348 e. The number of esters is 1. The standard InChI is InChI=1S/C12H18N2O4S2/c1-12(7-13)5-6-14(8-12)20(16,17)10-4-3-9(19-10)11(15)18-2/h3-4H,5-8,13H2,1-2H3. The summed E-state index contributed by atoms with van der Waals surface area (Å²) in [5.41, 5.74) is 5.52. The Morgan fingerprint density at radius 2 is 2.25 bits per heavy atom. The maximum atomic E-state index is 12.5. The van der Waals surface area contributed by atoms with Gasteiger partial charge in [0.1, 0.15) is 9.09 Å². The SMILES string of the molecule is COC(=O)c1ccc(S(=O)(=O)N2CCC(C)(CN)C2)s1. The third kappa shape index (κ3) is 2.73. The Bertz CT molecular complexity index is 611. The second-order valence-corrected chi connectivity index (χ2v) is 8.46. The second-order valence-electron chi connectivity index (χ2n) is 5.21. The molecule has 0 bridgehead atoms. The normalized spacial score (nSPS) is 23.9. The van der Waals surface area contributed by atoms with Crippen molar-refractivity contribution < 1.29 is 17.9 Å². The Hall–Kier alpha value is -0.960. The van der Waals surface area contributed by atoms with E-state index in [4.69, 9.17) is 5.73 Å². The van der Waals surface area contributed by atoms with E-state index < -0.39 is 16.0 Å². The van der Waals surface area contributed by atoms with Crippen molar-refractivity contribution in [2.24, 2.45) is 11.1 Å². The molecular formula is C12H18N2O4S2. The van der Waals surface area contributed by atoms with Crippen molar-refractivity contribution in [1.82, 2.24) is 4.31 Å². The van der Waals surface area contributed by atoms with E-state index in [-0.39, 0.29) is 14.5 Å². The number of sulfonamides is 1.